The molecule has 0 atom stereocenters. The standard InChI is InChI=1S/C10H6N2S3/c11-4-8-7(6-1-2-14-5-6)3-9(13)15-10(8)12/h1-3,5H,12H2. The van der Waals surface area contributed by atoms with E-state index in [1.54, 1.807) is 11.3 Å². The van der Waals surface area contributed by atoms with Crippen LogP contribution >= 0.6 is 34.9 Å². The molecule has 0 radical (unpaired) electrons. The molecule has 15 heavy (non-hydrogen) atoms. The van der Waals surface area contributed by atoms with E-state index in [2.05, 4.69) is 6.07 Å². The molecule has 0 aromatic carbocycles. The molecule has 0 fully saturated rings. The van der Waals surface area contributed by atoms with Crippen molar-refractivity contribution in [3.63, 3.8) is 0 Å². The molecule has 0 amide bonds. The number of hydrogen-bond donors (Lipinski definition) is 1. The average Bonchev–Trinajstić information content (AvgIpc) is 2.69. The summed E-state index contributed by atoms with van der Waals surface area (Å²) in [5.74, 6) is 0. The molecule has 2 N–H and O–H groups in total. The van der Waals surface area contributed by atoms with Crippen LogP contribution in [-0.4, -0.2) is 0 Å². The highest BCUT2D eigenvalue weighted by Gasteiger charge is 2.09. The van der Waals surface area contributed by atoms with Gasteiger partial charge in [0.1, 0.15) is 11.1 Å². The fraction of sp³-hybridized carbons (Fsp3) is 0. The molecule has 0 spiro atoms. The number of anilines is 1. The first kappa shape index (κ1) is 10.3. The van der Waals surface area contributed by atoms with Crippen LogP contribution in [0.1, 0.15) is 5.56 Å². The highest BCUT2D eigenvalue weighted by Crippen LogP contribution is 2.31. The van der Waals surface area contributed by atoms with Crippen LogP contribution in [0, 0.1) is 15.2 Å². The summed E-state index contributed by atoms with van der Waals surface area (Å²) >= 11 is 7.95. The second kappa shape index (κ2) is 4.11. The Kier molecular flexibility index (Phi) is 2.82. The van der Waals surface area contributed by atoms with Gasteiger partial charge in [0.25, 0.3) is 0 Å². The Morgan fingerprint density at radius 3 is 2.87 bits per heavy atom. The molecule has 74 valence electrons. The van der Waals surface area contributed by atoms with Crippen molar-refractivity contribution in [3.05, 3.63) is 32.3 Å². The Bertz CT molecular complexity index is 576. The molecule has 0 aliphatic heterocycles. The zero-order chi connectivity index (χ0) is 10.8. The summed E-state index contributed by atoms with van der Waals surface area (Å²) in [6.45, 7) is 0. The molecule has 2 aromatic rings. The second-order valence-electron chi connectivity index (χ2n) is 2.84. The summed E-state index contributed by atoms with van der Waals surface area (Å²) in [4.78, 5) is 0. The summed E-state index contributed by atoms with van der Waals surface area (Å²) < 4.78 is 0.702. The molecule has 0 aliphatic rings. The quantitative estimate of drug-likeness (QED) is 0.786. The molecule has 2 aromatic heterocycles. The van der Waals surface area contributed by atoms with E-state index >= 15 is 0 Å². The normalized spacial score (nSPS) is 9.80. The molecular weight excluding hydrogens is 244 g/mol. The molecule has 0 saturated heterocycles. The summed E-state index contributed by atoms with van der Waals surface area (Å²) in [6.07, 6.45) is 0. The number of hydrogen-bond acceptors (Lipinski definition) is 5. The lowest BCUT2D eigenvalue weighted by Crippen LogP contribution is -1.90. The van der Waals surface area contributed by atoms with Gasteiger partial charge in [0, 0.05) is 5.56 Å². The molecule has 0 saturated carbocycles. The monoisotopic (exact) mass is 250 g/mol. The fourth-order valence-electron chi connectivity index (χ4n) is 1.27. The van der Waals surface area contributed by atoms with Crippen molar-refractivity contribution in [3.8, 4) is 17.2 Å². The Labute approximate surface area is 100 Å². The number of nitrogens with zero attached hydrogens (tertiary/aromatic N) is 1. The lowest BCUT2D eigenvalue weighted by molar-refractivity contribution is 1.50. The van der Waals surface area contributed by atoms with E-state index < -0.39 is 0 Å². The summed E-state index contributed by atoms with van der Waals surface area (Å²) in [5, 5.41) is 13.5. The van der Waals surface area contributed by atoms with Gasteiger partial charge in [-0.1, -0.05) is 12.2 Å². The highest BCUT2D eigenvalue weighted by molar-refractivity contribution is 7.73. The Morgan fingerprint density at radius 2 is 2.27 bits per heavy atom. The minimum Gasteiger partial charge on any atom is -0.389 e. The maximum atomic E-state index is 9.04. The second-order valence-corrected chi connectivity index (χ2v) is 5.40. The van der Waals surface area contributed by atoms with E-state index in [9.17, 15) is 0 Å². The van der Waals surface area contributed by atoms with Gasteiger partial charge in [-0.3, -0.25) is 0 Å². The SMILES string of the molecule is N#Cc1c(-c2ccsc2)cc(=S)sc1N. The maximum absolute atomic E-state index is 9.04. The number of nitrogen functional groups attached to an aromatic ring is 1. The zero-order valence-electron chi connectivity index (χ0n) is 7.56. The van der Waals surface area contributed by atoms with Crippen LogP contribution in [0.25, 0.3) is 11.1 Å². The number of thiophene rings is 1. The van der Waals surface area contributed by atoms with E-state index in [-0.39, 0.29) is 0 Å². The predicted molar refractivity (Wildman–Crippen MR) is 67.6 cm³/mol. The van der Waals surface area contributed by atoms with Gasteiger partial charge < -0.3 is 5.73 Å². The minimum absolute atomic E-state index is 0.492. The molecule has 2 rings (SSSR count). The third-order valence-electron chi connectivity index (χ3n) is 1.93. The van der Waals surface area contributed by atoms with Crippen LogP contribution in [0.15, 0.2) is 22.9 Å². The van der Waals surface area contributed by atoms with E-state index in [4.69, 9.17) is 23.2 Å². The van der Waals surface area contributed by atoms with Gasteiger partial charge in [0.05, 0.1) is 9.39 Å². The molecule has 0 unspecified atom stereocenters. The van der Waals surface area contributed by atoms with Crippen molar-refractivity contribution >= 4 is 39.9 Å². The topological polar surface area (TPSA) is 49.8 Å². The summed E-state index contributed by atoms with van der Waals surface area (Å²) in [7, 11) is 0. The maximum Gasteiger partial charge on any atom is 0.106 e. The van der Waals surface area contributed by atoms with Crippen molar-refractivity contribution in [2.45, 2.75) is 0 Å². The van der Waals surface area contributed by atoms with E-state index in [1.165, 1.54) is 11.3 Å². The lowest BCUT2D eigenvalue weighted by Gasteiger charge is -2.03. The number of nitrogens with two attached hydrogens (primary N) is 1. The Hall–Kier alpha value is -1.22. The molecule has 5 heteroatoms. The van der Waals surface area contributed by atoms with Crippen LogP contribution in [0.5, 0.6) is 0 Å². The van der Waals surface area contributed by atoms with Crippen molar-refractivity contribution in [2.75, 3.05) is 5.73 Å². The Morgan fingerprint density at radius 1 is 1.47 bits per heavy atom. The molecule has 2 nitrogen and oxygen atoms in total. The van der Waals surface area contributed by atoms with E-state index in [1.807, 2.05) is 22.9 Å². The first-order valence-corrected chi connectivity index (χ1v) is 6.25. The van der Waals surface area contributed by atoms with Crippen LogP contribution in [-0.2, 0) is 0 Å². The van der Waals surface area contributed by atoms with Gasteiger partial charge >= 0.3 is 0 Å². The first-order valence-electron chi connectivity index (χ1n) is 4.08. The van der Waals surface area contributed by atoms with Crippen LogP contribution in [0.4, 0.5) is 5.00 Å². The van der Waals surface area contributed by atoms with Gasteiger partial charge in [0.2, 0.25) is 0 Å². The fourth-order valence-corrected chi connectivity index (χ4v) is 2.97. The minimum atomic E-state index is 0.492. The van der Waals surface area contributed by atoms with Crippen LogP contribution in [0.3, 0.4) is 0 Å². The zero-order valence-corrected chi connectivity index (χ0v) is 10.0. The van der Waals surface area contributed by atoms with Crippen molar-refractivity contribution < 1.29 is 0 Å². The van der Waals surface area contributed by atoms with E-state index in [0.29, 0.717) is 14.4 Å². The molecule has 0 aliphatic carbocycles. The first-order chi connectivity index (χ1) is 7.22. The van der Waals surface area contributed by atoms with Crippen molar-refractivity contribution in [1.82, 2.24) is 0 Å². The van der Waals surface area contributed by atoms with Crippen molar-refractivity contribution in [2.24, 2.45) is 0 Å². The lowest BCUT2D eigenvalue weighted by atomic mass is 10.1. The van der Waals surface area contributed by atoms with Gasteiger partial charge in [0.15, 0.2) is 0 Å². The predicted octanol–water partition coefficient (Wildman–Crippen LogP) is 3.66. The van der Waals surface area contributed by atoms with E-state index in [0.717, 1.165) is 11.1 Å². The third kappa shape index (κ3) is 1.92. The summed E-state index contributed by atoms with van der Waals surface area (Å²) in [6, 6.07) is 5.91. The van der Waals surface area contributed by atoms with Crippen LogP contribution in [0.2, 0.25) is 0 Å². The summed E-state index contributed by atoms with van der Waals surface area (Å²) in [5.41, 5.74) is 8.13. The number of rotatable bonds is 1. The van der Waals surface area contributed by atoms with Crippen LogP contribution < -0.4 is 5.73 Å². The van der Waals surface area contributed by atoms with Gasteiger partial charge in [-0.15, -0.1) is 11.3 Å². The van der Waals surface area contributed by atoms with Gasteiger partial charge in [-0.25, -0.2) is 0 Å². The molecule has 2 heterocycles. The third-order valence-corrected chi connectivity index (χ3v) is 3.73. The van der Waals surface area contributed by atoms with Crippen molar-refractivity contribution in [1.29, 1.82) is 5.26 Å². The van der Waals surface area contributed by atoms with Gasteiger partial charge in [-0.2, -0.15) is 16.6 Å². The number of nitriles is 1. The largest absolute Gasteiger partial charge is 0.389 e. The smallest absolute Gasteiger partial charge is 0.106 e. The average molecular weight is 250 g/mol. The molecular formula is C10H6N2S3. The highest BCUT2D eigenvalue weighted by atomic mass is 32.1. The van der Waals surface area contributed by atoms with Gasteiger partial charge in [-0.05, 0) is 28.5 Å². The molecule has 0 bridgehead atoms. The Balaban J connectivity index is 2.77.